The Kier molecular flexibility index (Phi) is 8.40. The lowest BCUT2D eigenvalue weighted by Crippen LogP contribution is -2.15. The third kappa shape index (κ3) is 6.19. The maximum absolute atomic E-state index is 4.88. The van der Waals surface area contributed by atoms with Gasteiger partial charge in [0.05, 0.1) is 10.2 Å². The van der Waals surface area contributed by atoms with E-state index in [1.165, 1.54) is 26.6 Å². The molecule has 0 saturated carbocycles. The van der Waals surface area contributed by atoms with E-state index in [-0.39, 0.29) is 0 Å². The minimum atomic E-state index is 0.959. The average Bonchev–Trinajstić information content (AvgIpc) is 3.36. The second-order valence-corrected chi connectivity index (χ2v) is 12.3. The zero-order valence-corrected chi connectivity index (χ0v) is 26.6. The molecule has 1 aliphatic carbocycles. The first-order valence-electron chi connectivity index (χ1n) is 15.6. The normalized spacial score (nSPS) is 13.3. The van der Waals surface area contributed by atoms with Crippen LogP contribution >= 0.6 is 11.3 Å². The molecule has 0 bridgehead atoms. The summed E-state index contributed by atoms with van der Waals surface area (Å²) >= 11 is 1.73. The van der Waals surface area contributed by atoms with Gasteiger partial charge in [-0.2, -0.15) is 0 Å². The highest BCUT2D eigenvalue weighted by Gasteiger charge is 2.15. The Hall–Kier alpha value is -5.51. The van der Waals surface area contributed by atoms with Gasteiger partial charge in [-0.05, 0) is 101 Å². The molecule has 2 nitrogen and oxygen atoms in total. The highest BCUT2D eigenvalue weighted by molar-refractivity contribution is 7.21. The first-order chi connectivity index (χ1) is 22.7. The fourth-order valence-corrected chi connectivity index (χ4v) is 6.71. The van der Waals surface area contributed by atoms with E-state index >= 15 is 0 Å². The lowest BCUT2D eigenvalue weighted by molar-refractivity contribution is 1.20. The van der Waals surface area contributed by atoms with E-state index in [2.05, 4.69) is 176 Å². The monoisotopic (exact) mass is 610 g/mol. The zero-order valence-electron chi connectivity index (χ0n) is 25.8. The Bertz CT molecular complexity index is 2160. The van der Waals surface area contributed by atoms with Gasteiger partial charge < -0.3 is 4.90 Å². The van der Waals surface area contributed by atoms with Crippen molar-refractivity contribution in [1.29, 1.82) is 0 Å². The Morgan fingerprint density at radius 1 is 0.761 bits per heavy atom. The summed E-state index contributed by atoms with van der Waals surface area (Å²) in [6, 6.07) is 40.8. The van der Waals surface area contributed by atoms with Crippen molar-refractivity contribution in [3.63, 3.8) is 0 Å². The van der Waals surface area contributed by atoms with Gasteiger partial charge in [-0.25, -0.2) is 4.98 Å². The number of hydrogen-bond acceptors (Lipinski definition) is 3. The number of benzene rings is 5. The van der Waals surface area contributed by atoms with Gasteiger partial charge in [0.2, 0.25) is 0 Å². The van der Waals surface area contributed by atoms with Crippen LogP contribution in [0.2, 0.25) is 0 Å². The van der Waals surface area contributed by atoms with Crippen molar-refractivity contribution in [3.05, 3.63) is 187 Å². The van der Waals surface area contributed by atoms with Gasteiger partial charge in [-0.1, -0.05) is 116 Å². The quantitative estimate of drug-likeness (QED) is 0.159. The molecule has 0 saturated heterocycles. The van der Waals surface area contributed by atoms with Crippen LogP contribution in [0.1, 0.15) is 24.5 Å². The molecule has 1 aliphatic rings. The van der Waals surface area contributed by atoms with Crippen molar-refractivity contribution in [1.82, 2.24) is 4.98 Å². The molecule has 5 aromatic carbocycles. The molecule has 3 heteroatoms. The number of anilines is 2. The summed E-state index contributed by atoms with van der Waals surface area (Å²) in [4.78, 5) is 7.18. The van der Waals surface area contributed by atoms with Crippen molar-refractivity contribution in [2.45, 2.75) is 13.3 Å². The standard InChI is InChI=1S/C43H34N2S/c1-3-38(26-18-31(2)32-19-21-35(22-20-32)33-12-6-4-5-7-13-33)45(40-29-23-34-14-8-9-15-37(34)30-40)39-27-24-36(25-28-39)43-44-41-16-10-11-17-42(41)46-43/h3-4,6-30H,2,5H2,1H3/b26-18-,38-3+. The average molecular weight is 611 g/mol. The molecule has 6 aromatic rings. The van der Waals surface area contributed by atoms with Crippen LogP contribution in [0.5, 0.6) is 0 Å². The third-order valence-electron chi connectivity index (χ3n) is 8.24. The number of fused-ring (bicyclic) bond motifs is 2. The number of aromatic nitrogens is 1. The van der Waals surface area contributed by atoms with Crippen LogP contribution in [0.15, 0.2) is 176 Å². The number of hydrogen-bond donors (Lipinski definition) is 0. The van der Waals surface area contributed by atoms with Crippen LogP contribution in [0.3, 0.4) is 0 Å². The van der Waals surface area contributed by atoms with Gasteiger partial charge in [-0.3, -0.25) is 0 Å². The highest BCUT2D eigenvalue weighted by atomic mass is 32.1. The molecule has 0 radical (unpaired) electrons. The van der Waals surface area contributed by atoms with E-state index in [9.17, 15) is 0 Å². The molecular weight excluding hydrogens is 577 g/mol. The molecular formula is C43H34N2S. The molecule has 0 amide bonds. The second-order valence-electron chi connectivity index (χ2n) is 11.2. The van der Waals surface area contributed by atoms with E-state index in [4.69, 9.17) is 4.98 Å². The molecule has 222 valence electrons. The third-order valence-corrected chi connectivity index (χ3v) is 9.32. The molecule has 0 atom stereocenters. The summed E-state index contributed by atoms with van der Waals surface area (Å²) in [5.74, 6) is 0. The molecule has 7 rings (SSSR count). The first kappa shape index (κ1) is 29.2. The zero-order chi connectivity index (χ0) is 31.3. The Labute approximate surface area is 275 Å². The van der Waals surface area contributed by atoms with Gasteiger partial charge in [0.15, 0.2) is 0 Å². The number of thiazole rings is 1. The van der Waals surface area contributed by atoms with E-state index in [1.807, 2.05) is 6.07 Å². The van der Waals surface area contributed by atoms with E-state index in [1.54, 1.807) is 11.3 Å². The molecule has 0 spiro atoms. The molecule has 1 aromatic heterocycles. The fraction of sp³-hybridized carbons (Fsp3) is 0.0465. The lowest BCUT2D eigenvalue weighted by atomic mass is 10.00. The van der Waals surface area contributed by atoms with Gasteiger partial charge in [0.25, 0.3) is 0 Å². The summed E-state index contributed by atoms with van der Waals surface area (Å²) in [5, 5.41) is 3.45. The number of allylic oxidation sites excluding steroid dienone is 10. The SMILES string of the molecule is C=C(/C=C\C(=C/C)N(c1ccc(-c2nc3ccccc3s2)cc1)c1ccc2ccccc2c1)c1ccc(C2=CC=CCC=C2)cc1. The van der Waals surface area contributed by atoms with Crippen LogP contribution in [0, 0.1) is 0 Å². The van der Waals surface area contributed by atoms with Crippen molar-refractivity contribution in [2.75, 3.05) is 4.90 Å². The number of nitrogens with zero attached hydrogens (tertiary/aromatic N) is 2. The smallest absolute Gasteiger partial charge is 0.124 e. The lowest BCUT2D eigenvalue weighted by Gasteiger charge is -2.27. The fourth-order valence-electron chi connectivity index (χ4n) is 5.74. The second kappa shape index (κ2) is 13.2. The summed E-state index contributed by atoms with van der Waals surface area (Å²) in [7, 11) is 0. The Morgan fingerprint density at radius 2 is 1.50 bits per heavy atom. The molecule has 0 aliphatic heterocycles. The van der Waals surface area contributed by atoms with Gasteiger partial charge in [0, 0.05) is 22.6 Å². The van der Waals surface area contributed by atoms with Crippen LogP contribution in [-0.4, -0.2) is 4.98 Å². The topological polar surface area (TPSA) is 16.1 Å². The van der Waals surface area contributed by atoms with Crippen molar-refractivity contribution in [3.8, 4) is 10.6 Å². The molecule has 1 heterocycles. The van der Waals surface area contributed by atoms with E-state index in [0.717, 1.165) is 50.7 Å². The maximum atomic E-state index is 4.88. The first-order valence-corrected chi connectivity index (χ1v) is 16.4. The van der Waals surface area contributed by atoms with Crippen molar-refractivity contribution < 1.29 is 0 Å². The minimum Gasteiger partial charge on any atom is -0.311 e. The number of para-hydroxylation sites is 1. The summed E-state index contributed by atoms with van der Waals surface area (Å²) in [6.45, 7) is 6.51. The van der Waals surface area contributed by atoms with E-state index in [0.29, 0.717) is 0 Å². The molecule has 0 N–H and O–H groups in total. The Balaban J connectivity index is 1.20. The van der Waals surface area contributed by atoms with Gasteiger partial charge >= 0.3 is 0 Å². The molecule has 46 heavy (non-hydrogen) atoms. The molecule has 0 fully saturated rings. The van der Waals surface area contributed by atoms with E-state index < -0.39 is 0 Å². The predicted molar refractivity (Wildman–Crippen MR) is 200 cm³/mol. The maximum Gasteiger partial charge on any atom is 0.124 e. The van der Waals surface area contributed by atoms with Crippen molar-refractivity contribution >= 4 is 54.8 Å². The van der Waals surface area contributed by atoms with Crippen molar-refractivity contribution in [2.24, 2.45) is 0 Å². The summed E-state index contributed by atoms with van der Waals surface area (Å²) in [5.41, 5.74) is 9.86. The highest BCUT2D eigenvalue weighted by Crippen LogP contribution is 2.36. The van der Waals surface area contributed by atoms with Crippen LogP contribution < -0.4 is 4.90 Å². The Morgan fingerprint density at radius 3 is 2.30 bits per heavy atom. The van der Waals surface area contributed by atoms with Crippen LogP contribution in [-0.2, 0) is 0 Å². The van der Waals surface area contributed by atoms with Gasteiger partial charge in [0.1, 0.15) is 5.01 Å². The largest absolute Gasteiger partial charge is 0.311 e. The van der Waals surface area contributed by atoms with Crippen LogP contribution in [0.4, 0.5) is 11.4 Å². The molecule has 0 unspecified atom stereocenters. The summed E-state index contributed by atoms with van der Waals surface area (Å²) in [6.07, 6.45) is 18.2. The van der Waals surface area contributed by atoms with Gasteiger partial charge in [-0.15, -0.1) is 11.3 Å². The number of rotatable bonds is 8. The van der Waals surface area contributed by atoms with Crippen LogP contribution in [0.25, 0.3) is 42.7 Å². The minimum absolute atomic E-state index is 0.959. The summed E-state index contributed by atoms with van der Waals surface area (Å²) < 4.78 is 1.20. The predicted octanol–water partition coefficient (Wildman–Crippen LogP) is 12.3.